The Balaban J connectivity index is 1.38. The van der Waals surface area contributed by atoms with E-state index >= 15 is 0 Å². The largest absolute Gasteiger partial charge is 0.338 e. The molecule has 3 heterocycles. The molecule has 9 nitrogen and oxygen atoms in total. The lowest BCUT2D eigenvalue weighted by molar-refractivity contribution is 0.311. The second-order valence-electron chi connectivity index (χ2n) is 8.19. The Hall–Kier alpha value is -3.79. The first-order valence-electron chi connectivity index (χ1n) is 11.0. The number of aromatic amines is 1. The van der Waals surface area contributed by atoms with E-state index in [4.69, 9.17) is 0 Å². The fraction of sp³-hybridized carbons (Fsp3) is 0.304. The van der Waals surface area contributed by atoms with Crippen LogP contribution in [0, 0.1) is 0 Å². The summed E-state index contributed by atoms with van der Waals surface area (Å²) in [6.07, 6.45) is 5.49. The van der Waals surface area contributed by atoms with Gasteiger partial charge < -0.3 is 20.4 Å². The second-order valence-corrected chi connectivity index (χ2v) is 8.19. The summed E-state index contributed by atoms with van der Waals surface area (Å²) in [4.78, 5) is 18.3. The number of hydrogen-bond donors (Lipinski definition) is 3. The number of para-hydroxylation sites is 1. The average Bonchev–Trinajstić information content (AvgIpc) is 3.29. The molecule has 0 spiro atoms. The summed E-state index contributed by atoms with van der Waals surface area (Å²) < 4.78 is 13.3. The molecular formula is C23H26FN9. The van der Waals surface area contributed by atoms with E-state index in [0.717, 1.165) is 37.6 Å². The Morgan fingerprint density at radius 2 is 1.76 bits per heavy atom. The minimum atomic E-state index is -0.204. The van der Waals surface area contributed by atoms with Gasteiger partial charge in [-0.05, 0) is 37.8 Å². The van der Waals surface area contributed by atoms with Gasteiger partial charge >= 0.3 is 0 Å². The average molecular weight is 448 g/mol. The van der Waals surface area contributed by atoms with Crippen molar-refractivity contribution in [2.24, 2.45) is 0 Å². The van der Waals surface area contributed by atoms with E-state index in [-0.39, 0.29) is 11.7 Å². The predicted molar refractivity (Wildman–Crippen MR) is 127 cm³/mol. The zero-order valence-corrected chi connectivity index (χ0v) is 18.4. The highest BCUT2D eigenvalue weighted by Crippen LogP contribution is 2.28. The summed E-state index contributed by atoms with van der Waals surface area (Å²) in [7, 11) is 2.11. The molecule has 2 aromatic heterocycles. The number of hydrogen-bond acceptors (Lipinski definition) is 8. The van der Waals surface area contributed by atoms with Crippen molar-refractivity contribution in [1.82, 2.24) is 30.0 Å². The highest BCUT2D eigenvalue weighted by atomic mass is 19.1. The first-order valence-corrected chi connectivity index (χ1v) is 11.0. The summed E-state index contributed by atoms with van der Waals surface area (Å²) >= 11 is 0. The summed E-state index contributed by atoms with van der Waals surface area (Å²) in [6, 6.07) is 11.7. The van der Waals surface area contributed by atoms with Gasteiger partial charge in [0.25, 0.3) is 0 Å². The number of anilines is 5. The number of aromatic nitrogens is 5. The maximum atomic E-state index is 13.3. The van der Waals surface area contributed by atoms with E-state index in [0.29, 0.717) is 30.1 Å². The van der Waals surface area contributed by atoms with Crippen LogP contribution in [0.4, 0.5) is 33.7 Å². The molecule has 1 atom stereocenters. The van der Waals surface area contributed by atoms with Crippen molar-refractivity contribution in [3.63, 3.8) is 0 Å². The number of allylic oxidation sites excluding steroid dienone is 4. The number of likely N-dealkylation sites (N-methyl/N-ethyl adjacent to an activating group) is 1. The van der Waals surface area contributed by atoms with Gasteiger partial charge in [-0.25, -0.2) is 4.39 Å². The van der Waals surface area contributed by atoms with Gasteiger partial charge in [0, 0.05) is 49.5 Å². The SMILES string of the molecule is CN1CCN(c2nc(Nc3ccccc3)nc(Nc3cc(C4C=CC(F)=CC4)[nH]n3)n2)CC1. The Bertz CT molecular complexity index is 1150. The first-order chi connectivity index (χ1) is 16.1. The van der Waals surface area contributed by atoms with E-state index in [1.165, 1.54) is 6.08 Å². The normalized spacial score (nSPS) is 18.8. The lowest BCUT2D eigenvalue weighted by Gasteiger charge is -2.32. The van der Waals surface area contributed by atoms with Crippen LogP contribution >= 0.6 is 0 Å². The van der Waals surface area contributed by atoms with Crippen LogP contribution in [0.2, 0.25) is 0 Å². The van der Waals surface area contributed by atoms with E-state index in [1.807, 2.05) is 42.5 Å². The van der Waals surface area contributed by atoms with Gasteiger partial charge in [-0.15, -0.1) is 0 Å². The summed E-state index contributed by atoms with van der Waals surface area (Å²) in [5.74, 6) is 1.92. The molecule has 3 aromatic rings. The number of nitrogens with zero attached hydrogens (tertiary/aromatic N) is 6. The highest BCUT2D eigenvalue weighted by Gasteiger charge is 2.20. The van der Waals surface area contributed by atoms with Gasteiger partial charge in [0.05, 0.1) is 0 Å². The van der Waals surface area contributed by atoms with Crippen molar-refractivity contribution in [3.05, 3.63) is 66.1 Å². The second kappa shape index (κ2) is 9.37. The molecule has 1 aliphatic carbocycles. The Kier molecular flexibility index (Phi) is 5.99. The van der Waals surface area contributed by atoms with Gasteiger partial charge in [-0.1, -0.05) is 24.3 Å². The van der Waals surface area contributed by atoms with E-state index in [9.17, 15) is 4.39 Å². The van der Waals surface area contributed by atoms with Crippen molar-refractivity contribution in [2.75, 3.05) is 48.8 Å². The molecule has 2 aliphatic rings. The van der Waals surface area contributed by atoms with Crippen molar-refractivity contribution >= 4 is 29.4 Å². The quantitative estimate of drug-likeness (QED) is 0.526. The molecule has 1 saturated heterocycles. The van der Waals surface area contributed by atoms with Crippen LogP contribution in [0.25, 0.3) is 0 Å². The Morgan fingerprint density at radius 3 is 2.48 bits per heavy atom. The first kappa shape index (κ1) is 21.1. The van der Waals surface area contributed by atoms with Gasteiger partial charge in [-0.3, -0.25) is 5.10 Å². The molecule has 1 aliphatic heterocycles. The van der Waals surface area contributed by atoms with Crippen molar-refractivity contribution in [3.8, 4) is 0 Å². The van der Waals surface area contributed by atoms with Crippen LogP contribution < -0.4 is 15.5 Å². The van der Waals surface area contributed by atoms with Crippen molar-refractivity contribution in [2.45, 2.75) is 12.3 Å². The van der Waals surface area contributed by atoms with E-state index < -0.39 is 0 Å². The smallest absolute Gasteiger partial charge is 0.235 e. The molecule has 10 heteroatoms. The topological polar surface area (TPSA) is 97.9 Å². The summed E-state index contributed by atoms with van der Waals surface area (Å²) in [5, 5.41) is 13.8. The number of piperazine rings is 1. The summed E-state index contributed by atoms with van der Waals surface area (Å²) in [5.41, 5.74) is 1.79. The lowest BCUT2D eigenvalue weighted by atomic mass is 9.97. The molecule has 170 valence electrons. The van der Waals surface area contributed by atoms with Gasteiger partial charge in [0.2, 0.25) is 17.8 Å². The molecule has 1 unspecified atom stereocenters. The number of nitrogens with one attached hydrogen (secondary N) is 3. The molecule has 1 fully saturated rings. The van der Waals surface area contributed by atoms with Crippen LogP contribution in [-0.2, 0) is 0 Å². The number of H-pyrrole nitrogens is 1. The zero-order valence-electron chi connectivity index (χ0n) is 18.4. The predicted octanol–water partition coefficient (Wildman–Crippen LogP) is 3.73. The summed E-state index contributed by atoms with van der Waals surface area (Å²) in [6.45, 7) is 3.58. The van der Waals surface area contributed by atoms with E-state index in [2.05, 4.69) is 52.6 Å². The molecule has 0 bridgehead atoms. The van der Waals surface area contributed by atoms with Gasteiger partial charge in [0.1, 0.15) is 5.83 Å². The minimum absolute atomic E-state index is 0.0575. The molecule has 0 radical (unpaired) electrons. The molecule has 0 saturated carbocycles. The molecule has 0 amide bonds. The van der Waals surface area contributed by atoms with Crippen LogP contribution in [0.1, 0.15) is 18.0 Å². The molecule has 3 N–H and O–H groups in total. The monoisotopic (exact) mass is 447 g/mol. The molecule has 5 rings (SSSR count). The van der Waals surface area contributed by atoms with Crippen molar-refractivity contribution < 1.29 is 4.39 Å². The molecule has 1 aromatic carbocycles. The van der Waals surface area contributed by atoms with Crippen LogP contribution in [0.3, 0.4) is 0 Å². The third kappa shape index (κ3) is 5.17. The lowest BCUT2D eigenvalue weighted by Crippen LogP contribution is -2.45. The van der Waals surface area contributed by atoms with Gasteiger partial charge in [0.15, 0.2) is 5.82 Å². The van der Waals surface area contributed by atoms with Crippen LogP contribution in [-0.4, -0.2) is 63.3 Å². The number of halogens is 1. The number of rotatable bonds is 6. The third-order valence-electron chi connectivity index (χ3n) is 5.73. The zero-order chi connectivity index (χ0) is 22.6. The minimum Gasteiger partial charge on any atom is -0.338 e. The van der Waals surface area contributed by atoms with E-state index in [1.54, 1.807) is 6.08 Å². The Morgan fingerprint density at radius 1 is 1.00 bits per heavy atom. The molecular weight excluding hydrogens is 421 g/mol. The maximum absolute atomic E-state index is 13.3. The standard InChI is InChI=1S/C23H26FN9/c1-32-11-13-33(14-12-32)23-28-21(25-18-5-3-2-4-6-18)27-22(29-23)26-20-15-19(30-31-20)16-7-9-17(24)10-8-16/h2-7,9-10,15-16H,8,11-14H2,1H3,(H3,25,26,27,28,29,30,31). The molecule has 33 heavy (non-hydrogen) atoms. The Labute approximate surface area is 191 Å². The maximum Gasteiger partial charge on any atom is 0.235 e. The highest BCUT2D eigenvalue weighted by molar-refractivity contribution is 5.58. The van der Waals surface area contributed by atoms with Crippen LogP contribution in [0.15, 0.2) is 60.5 Å². The fourth-order valence-corrected chi connectivity index (χ4v) is 3.81. The fourth-order valence-electron chi connectivity index (χ4n) is 3.81. The number of benzene rings is 1. The van der Waals surface area contributed by atoms with Crippen LogP contribution in [0.5, 0.6) is 0 Å². The van der Waals surface area contributed by atoms with Gasteiger partial charge in [-0.2, -0.15) is 20.1 Å². The third-order valence-corrected chi connectivity index (χ3v) is 5.73. The van der Waals surface area contributed by atoms with Crippen molar-refractivity contribution in [1.29, 1.82) is 0 Å².